The Labute approximate surface area is 229 Å². The molecule has 2 aliphatic heterocycles. The van der Waals surface area contributed by atoms with E-state index in [0.717, 1.165) is 5.56 Å². The summed E-state index contributed by atoms with van der Waals surface area (Å²) in [5, 5.41) is 10.5. The summed E-state index contributed by atoms with van der Waals surface area (Å²) in [6, 6.07) is 19.6. The van der Waals surface area contributed by atoms with Gasteiger partial charge in [0, 0.05) is 32.4 Å². The third-order valence-corrected chi connectivity index (χ3v) is 9.94. The van der Waals surface area contributed by atoms with Gasteiger partial charge in [-0.25, -0.2) is 8.42 Å². The van der Waals surface area contributed by atoms with Crippen LogP contribution in [0.25, 0.3) is 0 Å². The van der Waals surface area contributed by atoms with E-state index in [1.165, 1.54) is 11.1 Å². The molecule has 204 valence electrons. The lowest BCUT2D eigenvalue weighted by atomic mass is 9.94. The van der Waals surface area contributed by atoms with Crippen molar-refractivity contribution in [2.24, 2.45) is 5.92 Å². The zero-order valence-corrected chi connectivity index (χ0v) is 22.8. The summed E-state index contributed by atoms with van der Waals surface area (Å²) in [4.78, 5) is 29.9. The monoisotopic (exact) mass is 547 g/mol. The van der Waals surface area contributed by atoms with Crippen LogP contribution in [0.1, 0.15) is 37.7 Å². The van der Waals surface area contributed by atoms with Crippen LogP contribution in [0.3, 0.4) is 0 Å². The quantitative estimate of drug-likeness (QED) is 0.460. The molecule has 3 heterocycles. The van der Waals surface area contributed by atoms with E-state index in [4.69, 9.17) is 0 Å². The Morgan fingerprint density at radius 2 is 1.69 bits per heavy atom. The Morgan fingerprint density at radius 1 is 1.00 bits per heavy atom. The number of piperidine rings is 1. The number of benzene rings is 2. The first-order valence-electron chi connectivity index (χ1n) is 13.4. The van der Waals surface area contributed by atoms with Crippen molar-refractivity contribution in [3.8, 4) is 0 Å². The number of carbonyl (C=O) groups excluding carboxylic acids is 2. The summed E-state index contributed by atoms with van der Waals surface area (Å²) in [5.41, 5.74) is 1.53. The molecule has 2 aromatic carbocycles. The third kappa shape index (κ3) is 5.58. The van der Waals surface area contributed by atoms with Crippen LogP contribution >= 0.6 is 0 Å². The number of anilines is 2. The maximum atomic E-state index is 13.5. The van der Waals surface area contributed by atoms with Crippen molar-refractivity contribution >= 4 is 33.2 Å². The summed E-state index contributed by atoms with van der Waals surface area (Å²) in [6.07, 6.45) is 3.01. The summed E-state index contributed by atoms with van der Waals surface area (Å²) in [5.74, 6) is -0.0508. The van der Waals surface area contributed by atoms with Crippen molar-refractivity contribution in [3.63, 3.8) is 0 Å². The predicted molar refractivity (Wildman–Crippen MR) is 148 cm³/mol. The molecular weight excluding hydrogens is 514 g/mol. The van der Waals surface area contributed by atoms with Crippen LogP contribution in [0.5, 0.6) is 0 Å². The minimum absolute atomic E-state index is 0.0549. The van der Waals surface area contributed by atoms with Crippen LogP contribution < -0.4 is 10.2 Å². The number of nitrogens with zero attached hydrogens (tertiary/aromatic N) is 4. The molecule has 3 aromatic rings. The minimum atomic E-state index is -3.61. The minimum Gasteiger partial charge on any atom is -0.342 e. The van der Waals surface area contributed by atoms with Crippen LogP contribution in [0, 0.1) is 5.92 Å². The van der Waals surface area contributed by atoms with E-state index in [-0.39, 0.29) is 28.5 Å². The summed E-state index contributed by atoms with van der Waals surface area (Å²) in [6.45, 7) is 4.00. The smallest absolute Gasteiger partial charge is 0.238 e. The standard InChI is InChI=1S/C29H33N5O4S/c1-2-26(21-7-4-3-5-8-21)29(36)33-17-14-25(15-18-33)39(37,38)24-12-10-23(11-13-24)34(27-9-6-16-31-32-27)28(35)22-19-30-20-22/h3-13,16,22,25-26,30H,2,14-15,17-20H2,1H3/t26-/m0/s1. The molecular formula is C29H33N5O4S. The van der Waals surface area contributed by atoms with Gasteiger partial charge in [0.15, 0.2) is 15.7 Å². The molecule has 0 saturated carbocycles. The maximum absolute atomic E-state index is 13.5. The van der Waals surface area contributed by atoms with Crippen molar-refractivity contribution in [2.75, 3.05) is 31.1 Å². The number of hydrogen-bond donors (Lipinski definition) is 1. The number of hydrogen-bond acceptors (Lipinski definition) is 7. The van der Waals surface area contributed by atoms with E-state index < -0.39 is 15.1 Å². The van der Waals surface area contributed by atoms with Gasteiger partial charge >= 0.3 is 0 Å². The number of sulfone groups is 1. The van der Waals surface area contributed by atoms with E-state index in [1.807, 2.05) is 37.3 Å². The van der Waals surface area contributed by atoms with Crippen LogP contribution in [-0.4, -0.2) is 66.8 Å². The second kappa shape index (κ2) is 11.6. The average molecular weight is 548 g/mol. The second-order valence-corrected chi connectivity index (χ2v) is 12.3. The van der Waals surface area contributed by atoms with Gasteiger partial charge in [0.25, 0.3) is 0 Å². The maximum Gasteiger partial charge on any atom is 0.238 e. The third-order valence-electron chi connectivity index (χ3n) is 7.66. The largest absolute Gasteiger partial charge is 0.342 e. The lowest BCUT2D eigenvalue weighted by molar-refractivity contribution is -0.133. The molecule has 1 atom stereocenters. The van der Waals surface area contributed by atoms with Crippen molar-refractivity contribution in [1.82, 2.24) is 20.4 Å². The first kappa shape index (κ1) is 27.0. The van der Waals surface area contributed by atoms with E-state index in [9.17, 15) is 18.0 Å². The van der Waals surface area contributed by atoms with Gasteiger partial charge < -0.3 is 10.2 Å². The Balaban J connectivity index is 1.28. The van der Waals surface area contributed by atoms with Crippen LogP contribution in [0.2, 0.25) is 0 Å². The topological polar surface area (TPSA) is 113 Å². The zero-order chi connectivity index (χ0) is 27.4. The van der Waals surface area contributed by atoms with Gasteiger partial charge in [0.1, 0.15) is 0 Å². The van der Waals surface area contributed by atoms with Gasteiger partial charge in [-0.05, 0) is 61.2 Å². The average Bonchev–Trinajstić information content (AvgIpc) is 2.94. The summed E-state index contributed by atoms with van der Waals surface area (Å²) >= 11 is 0. The van der Waals surface area contributed by atoms with Gasteiger partial charge in [0.05, 0.1) is 27.7 Å². The van der Waals surface area contributed by atoms with Gasteiger partial charge in [0.2, 0.25) is 11.8 Å². The van der Waals surface area contributed by atoms with E-state index in [1.54, 1.807) is 41.3 Å². The zero-order valence-electron chi connectivity index (χ0n) is 21.9. The number of likely N-dealkylation sites (tertiary alicyclic amines) is 1. The molecule has 0 bridgehead atoms. The predicted octanol–water partition coefficient (Wildman–Crippen LogP) is 3.32. The molecule has 10 heteroatoms. The Morgan fingerprint density at radius 3 is 2.26 bits per heavy atom. The molecule has 39 heavy (non-hydrogen) atoms. The fourth-order valence-electron chi connectivity index (χ4n) is 5.25. The van der Waals surface area contributed by atoms with Crippen LogP contribution in [-0.2, 0) is 19.4 Å². The molecule has 0 unspecified atom stereocenters. The molecule has 2 saturated heterocycles. The highest BCUT2D eigenvalue weighted by atomic mass is 32.2. The van der Waals surface area contributed by atoms with E-state index >= 15 is 0 Å². The summed E-state index contributed by atoms with van der Waals surface area (Å²) < 4.78 is 27.0. The Hall–Kier alpha value is -3.63. The highest BCUT2D eigenvalue weighted by molar-refractivity contribution is 7.92. The van der Waals surface area contributed by atoms with Crippen molar-refractivity contribution in [2.45, 2.75) is 42.2 Å². The molecule has 0 aliphatic carbocycles. The van der Waals surface area contributed by atoms with E-state index in [2.05, 4.69) is 15.5 Å². The molecule has 1 aromatic heterocycles. The van der Waals surface area contributed by atoms with Gasteiger partial charge in [-0.15, -0.1) is 5.10 Å². The van der Waals surface area contributed by atoms with Crippen LogP contribution in [0.15, 0.2) is 77.8 Å². The number of amides is 2. The molecule has 2 fully saturated rings. The van der Waals surface area contributed by atoms with Crippen molar-refractivity contribution in [1.29, 1.82) is 0 Å². The molecule has 0 spiro atoms. The molecule has 5 rings (SSSR count). The normalized spacial score (nSPS) is 17.3. The van der Waals surface area contributed by atoms with Gasteiger partial charge in [-0.2, -0.15) is 5.10 Å². The Bertz CT molecular complexity index is 1390. The number of rotatable bonds is 8. The summed E-state index contributed by atoms with van der Waals surface area (Å²) in [7, 11) is -3.61. The first-order chi connectivity index (χ1) is 18.9. The molecule has 2 amide bonds. The number of carbonyl (C=O) groups is 2. The van der Waals surface area contributed by atoms with Crippen LogP contribution in [0.4, 0.5) is 11.5 Å². The molecule has 9 nitrogen and oxygen atoms in total. The van der Waals surface area contributed by atoms with Crippen molar-refractivity contribution < 1.29 is 18.0 Å². The fourth-order valence-corrected chi connectivity index (χ4v) is 6.99. The number of aromatic nitrogens is 2. The second-order valence-electron chi connectivity index (χ2n) is 10.0. The molecule has 0 radical (unpaired) electrons. The lowest BCUT2D eigenvalue weighted by Gasteiger charge is -2.34. The van der Waals surface area contributed by atoms with E-state index in [0.29, 0.717) is 56.9 Å². The highest BCUT2D eigenvalue weighted by Gasteiger charge is 2.35. The Kier molecular flexibility index (Phi) is 8.04. The molecule has 2 aliphatic rings. The first-order valence-corrected chi connectivity index (χ1v) is 14.9. The highest BCUT2D eigenvalue weighted by Crippen LogP contribution is 2.31. The molecule has 1 N–H and O–H groups in total. The lowest BCUT2D eigenvalue weighted by Crippen LogP contribution is -2.51. The number of nitrogens with one attached hydrogen (secondary N) is 1. The fraction of sp³-hybridized carbons (Fsp3) is 0.379. The van der Waals surface area contributed by atoms with Gasteiger partial charge in [-0.3, -0.25) is 14.5 Å². The van der Waals surface area contributed by atoms with Crippen molar-refractivity contribution in [3.05, 3.63) is 78.5 Å². The van der Waals surface area contributed by atoms with Gasteiger partial charge in [-0.1, -0.05) is 37.3 Å². The SMILES string of the molecule is CC[C@H](C(=O)N1CCC(S(=O)(=O)c2ccc(N(C(=O)C3CNC3)c3cccnn3)cc2)CC1)c1ccccc1.